The average Bonchev–Trinajstić information content (AvgIpc) is 2.82. The number of rotatable bonds is 2. The molecule has 3 rings (SSSR count). The van der Waals surface area contributed by atoms with Gasteiger partial charge in [0.15, 0.2) is 0 Å². The van der Waals surface area contributed by atoms with Gasteiger partial charge in [-0.1, -0.05) is 23.7 Å². The van der Waals surface area contributed by atoms with Crippen LogP contribution in [0.4, 0.5) is 0 Å². The molecule has 3 aromatic rings. The lowest BCUT2D eigenvalue weighted by molar-refractivity contribution is 0.0697. The third-order valence-electron chi connectivity index (χ3n) is 2.91. The summed E-state index contributed by atoms with van der Waals surface area (Å²) in [6, 6.07) is 12.3. The highest BCUT2D eigenvalue weighted by atomic mass is 35.5. The van der Waals surface area contributed by atoms with E-state index in [1.165, 1.54) is 0 Å². The van der Waals surface area contributed by atoms with E-state index in [0.717, 1.165) is 11.2 Å². The molecule has 2 aromatic carbocycles. The van der Waals surface area contributed by atoms with Gasteiger partial charge >= 0.3 is 5.97 Å². The molecule has 0 saturated heterocycles. The second-order valence-electron chi connectivity index (χ2n) is 4.07. The zero-order valence-electron chi connectivity index (χ0n) is 9.75. The van der Waals surface area contributed by atoms with Gasteiger partial charge in [0, 0.05) is 0 Å². The van der Waals surface area contributed by atoms with E-state index in [-0.39, 0.29) is 5.56 Å². The number of para-hydroxylation sites is 1. The Balaban J connectivity index is 2.22. The smallest absolute Gasteiger partial charge is 0.335 e. The second kappa shape index (κ2) is 4.40. The van der Waals surface area contributed by atoms with E-state index in [4.69, 9.17) is 16.7 Å². The summed E-state index contributed by atoms with van der Waals surface area (Å²) in [6.07, 6.45) is 1.64. The van der Waals surface area contributed by atoms with Gasteiger partial charge in [0.25, 0.3) is 0 Å². The molecule has 0 aliphatic heterocycles. The van der Waals surface area contributed by atoms with E-state index in [1.807, 2.05) is 22.8 Å². The van der Waals surface area contributed by atoms with Crippen molar-refractivity contribution in [2.45, 2.75) is 0 Å². The van der Waals surface area contributed by atoms with Gasteiger partial charge < -0.3 is 5.11 Å². The molecule has 94 valence electrons. The number of hydrogen-bond acceptors (Lipinski definition) is 2. The van der Waals surface area contributed by atoms with Crippen LogP contribution in [-0.4, -0.2) is 20.6 Å². The minimum absolute atomic E-state index is 0.219. The number of hydrogen-bond donors (Lipinski definition) is 1. The minimum Gasteiger partial charge on any atom is -0.478 e. The van der Waals surface area contributed by atoms with Crippen LogP contribution < -0.4 is 0 Å². The molecule has 0 saturated carbocycles. The summed E-state index contributed by atoms with van der Waals surface area (Å²) < 4.78 is 1.84. The van der Waals surface area contributed by atoms with Crippen LogP contribution >= 0.6 is 11.6 Å². The van der Waals surface area contributed by atoms with E-state index >= 15 is 0 Å². The number of halogens is 1. The maximum Gasteiger partial charge on any atom is 0.335 e. The number of carbonyl (C=O) groups is 1. The standard InChI is InChI=1S/C14H9ClN2O2/c15-10-3-1-2-4-12(10)17-8-16-11-7-9(14(18)19)5-6-13(11)17/h1-8H,(H,18,19). The predicted molar refractivity (Wildman–Crippen MR) is 73.0 cm³/mol. The molecule has 0 aliphatic carbocycles. The maximum atomic E-state index is 10.9. The molecule has 4 nitrogen and oxygen atoms in total. The summed E-state index contributed by atoms with van der Waals surface area (Å²) in [7, 11) is 0. The summed E-state index contributed by atoms with van der Waals surface area (Å²) in [5, 5.41) is 9.57. The Bertz CT molecular complexity index is 780. The van der Waals surface area contributed by atoms with Crippen molar-refractivity contribution in [3.05, 3.63) is 59.4 Å². The van der Waals surface area contributed by atoms with E-state index in [9.17, 15) is 4.79 Å². The summed E-state index contributed by atoms with van der Waals surface area (Å²) in [5.41, 5.74) is 2.48. The number of nitrogens with zero attached hydrogens (tertiary/aromatic N) is 2. The summed E-state index contributed by atoms with van der Waals surface area (Å²) >= 11 is 6.16. The van der Waals surface area contributed by atoms with Gasteiger partial charge in [-0.15, -0.1) is 0 Å². The van der Waals surface area contributed by atoms with Crippen LogP contribution in [0, 0.1) is 0 Å². The van der Waals surface area contributed by atoms with Gasteiger partial charge in [-0.3, -0.25) is 4.57 Å². The van der Waals surface area contributed by atoms with Crippen molar-refractivity contribution in [2.24, 2.45) is 0 Å². The normalized spacial score (nSPS) is 10.8. The first-order valence-electron chi connectivity index (χ1n) is 5.62. The number of imidazole rings is 1. The van der Waals surface area contributed by atoms with Gasteiger partial charge in [0.1, 0.15) is 6.33 Å². The SMILES string of the molecule is O=C(O)c1ccc2c(c1)ncn2-c1ccccc1Cl. The van der Waals surface area contributed by atoms with E-state index in [0.29, 0.717) is 10.5 Å². The first-order valence-corrected chi connectivity index (χ1v) is 6.00. The zero-order valence-corrected chi connectivity index (χ0v) is 10.5. The molecular formula is C14H9ClN2O2. The molecule has 0 amide bonds. The first kappa shape index (κ1) is 11.7. The lowest BCUT2D eigenvalue weighted by Crippen LogP contribution is -1.96. The van der Waals surface area contributed by atoms with Crippen LogP contribution in [0.1, 0.15) is 10.4 Å². The monoisotopic (exact) mass is 272 g/mol. The highest BCUT2D eigenvalue weighted by Crippen LogP contribution is 2.24. The Hall–Kier alpha value is -2.33. The molecule has 0 fully saturated rings. The van der Waals surface area contributed by atoms with Gasteiger partial charge in [0.2, 0.25) is 0 Å². The third-order valence-corrected chi connectivity index (χ3v) is 3.23. The van der Waals surface area contributed by atoms with Crippen LogP contribution in [0.2, 0.25) is 5.02 Å². The van der Waals surface area contributed by atoms with Crippen LogP contribution in [-0.2, 0) is 0 Å². The van der Waals surface area contributed by atoms with E-state index in [2.05, 4.69) is 4.98 Å². The fourth-order valence-corrected chi connectivity index (χ4v) is 2.21. The Morgan fingerprint density at radius 2 is 2.00 bits per heavy atom. The van der Waals surface area contributed by atoms with E-state index in [1.54, 1.807) is 30.6 Å². The van der Waals surface area contributed by atoms with Crippen LogP contribution in [0.3, 0.4) is 0 Å². The van der Waals surface area contributed by atoms with Crippen molar-refractivity contribution in [1.82, 2.24) is 9.55 Å². The van der Waals surface area contributed by atoms with Crippen LogP contribution in [0.15, 0.2) is 48.8 Å². The molecular weight excluding hydrogens is 264 g/mol. The van der Waals surface area contributed by atoms with Crippen molar-refractivity contribution in [2.75, 3.05) is 0 Å². The van der Waals surface area contributed by atoms with Crippen LogP contribution in [0.25, 0.3) is 16.7 Å². The van der Waals surface area contributed by atoms with E-state index < -0.39 is 5.97 Å². The van der Waals surface area contributed by atoms with Crippen molar-refractivity contribution >= 4 is 28.6 Å². The van der Waals surface area contributed by atoms with Gasteiger partial charge in [-0.05, 0) is 30.3 Å². The fraction of sp³-hybridized carbons (Fsp3) is 0. The molecule has 0 unspecified atom stereocenters. The minimum atomic E-state index is -0.964. The summed E-state index contributed by atoms with van der Waals surface area (Å²) in [4.78, 5) is 15.1. The topological polar surface area (TPSA) is 55.1 Å². The summed E-state index contributed by atoms with van der Waals surface area (Å²) in [5.74, 6) is -0.964. The number of aromatic carboxylic acids is 1. The zero-order chi connectivity index (χ0) is 13.4. The molecule has 0 atom stereocenters. The lowest BCUT2D eigenvalue weighted by Gasteiger charge is -2.06. The van der Waals surface area contributed by atoms with Gasteiger partial charge in [-0.25, -0.2) is 9.78 Å². The molecule has 1 aromatic heterocycles. The molecule has 5 heteroatoms. The second-order valence-corrected chi connectivity index (χ2v) is 4.48. The Labute approximate surface area is 113 Å². The van der Waals surface area contributed by atoms with Crippen molar-refractivity contribution < 1.29 is 9.90 Å². The summed E-state index contributed by atoms with van der Waals surface area (Å²) in [6.45, 7) is 0. The Morgan fingerprint density at radius 3 is 2.74 bits per heavy atom. The predicted octanol–water partition coefficient (Wildman–Crippen LogP) is 3.38. The van der Waals surface area contributed by atoms with Crippen LogP contribution in [0.5, 0.6) is 0 Å². The molecule has 0 radical (unpaired) electrons. The number of fused-ring (bicyclic) bond motifs is 1. The number of carboxylic acids is 1. The van der Waals surface area contributed by atoms with Gasteiger partial charge in [0.05, 0.1) is 27.3 Å². The molecule has 19 heavy (non-hydrogen) atoms. The van der Waals surface area contributed by atoms with Gasteiger partial charge in [-0.2, -0.15) is 0 Å². The third kappa shape index (κ3) is 1.96. The average molecular weight is 273 g/mol. The quantitative estimate of drug-likeness (QED) is 0.778. The lowest BCUT2D eigenvalue weighted by atomic mass is 10.2. The molecule has 0 spiro atoms. The molecule has 1 N–H and O–H groups in total. The highest BCUT2D eigenvalue weighted by molar-refractivity contribution is 6.32. The molecule has 0 bridgehead atoms. The fourth-order valence-electron chi connectivity index (χ4n) is 1.98. The maximum absolute atomic E-state index is 10.9. The largest absolute Gasteiger partial charge is 0.478 e. The number of benzene rings is 2. The highest BCUT2D eigenvalue weighted by Gasteiger charge is 2.10. The first-order chi connectivity index (χ1) is 9.16. The number of aromatic nitrogens is 2. The number of carboxylic acid groups (broad SMARTS) is 1. The molecule has 0 aliphatic rings. The Kier molecular flexibility index (Phi) is 2.72. The van der Waals surface area contributed by atoms with Crippen molar-refractivity contribution in [3.8, 4) is 5.69 Å². The van der Waals surface area contributed by atoms with Crippen molar-refractivity contribution in [3.63, 3.8) is 0 Å². The molecule has 1 heterocycles. The Morgan fingerprint density at radius 1 is 1.21 bits per heavy atom. The van der Waals surface area contributed by atoms with Crippen molar-refractivity contribution in [1.29, 1.82) is 0 Å².